The van der Waals surface area contributed by atoms with Crippen LogP contribution in [0, 0.1) is 0 Å². The van der Waals surface area contributed by atoms with Crippen LogP contribution in [0.4, 0.5) is 0 Å². The molecule has 1 rings (SSSR count). The molecule has 1 heterocycles. The van der Waals surface area contributed by atoms with Crippen molar-refractivity contribution in [3.05, 3.63) is 0 Å². The van der Waals surface area contributed by atoms with Gasteiger partial charge in [0.25, 0.3) is 0 Å². The van der Waals surface area contributed by atoms with Crippen LogP contribution in [0.25, 0.3) is 0 Å². The van der Waals surface area contributed by atoms with E-state index in [0.717, 1.165) is 12.2 Å². The molecule has 1 saturated heterocycles. The summed E-state index contributed by atoms with van der Waals surface area (Å²) in [5, 5.41) is 9.26. The maximum atomic E-state index is 11.0. The van der Waals surface area contributed by atoms with Crippen molar-refractivity contribution in [2.75, 3.05) is 17.3 Å². The average molecular weight is 210 g/mol. The van der Waals surface area contributed by atoms with Crippen LogP contribution in [0.1, 0.15) is 13.3 Å². The Bertz CT molecular complexity index is 235. The minimum atomic E-state index is -2.95. The van der Waals surface area contributed by atoms with Gasteiger partial charge in [-0.2, -0.15) is 11.8 Å². The molecule has 1 fully saturated rings. The van der Waals surface area contributed by atoms with Crippen LogP contribution in [0.15, 0.2) is 0 Å². The van der Waals surface area contributed by atoms with E-state index in [1.807, 2.05) is 6.92 Å². The van der Waals surface area contributed by atoms with Gasteiger partial charge in [-0.1, -0.05) is 6.92 Å². The van der Waals surface area contributed by atoms with E-state index in [1.54, 1.807) is 11.8 Å². The Morgan fingerprint density at radius 3 is 2.58 bits per heavy atom. The number of thioether (sulfide) groups is 1. The summed E-state index contributed by atoms with van der Waals surface area (Å²) in [5.41, 5.74) is 0. The molecule has 2 atom stereocenters. The van der Waals surface area contributed by atoms with E-state index < -0.39 is 15.9 Å². The minimum Gasteiger partial charge on any atom is -0.391 e. The summed E-state index contributed by atoms with van der Waals surface area (Å²) in [6, 6.07) is 0. The van der Waals surface area contributed by atoms with Gasteiger partial charge < -0.3 is 5.11 Å². The highest BCUT2D eigenvalue weighted by atomic mass is 32.2. The molecule has 0 aliphatic carbocycles. The molecule has 0 saturated carbocycles. The summed E-state index contributed by atoms with van der Waals surface area (Å²) >= 11 is 1.57. The highest BCUT2D eigenvalue weighted by Gasteiger charge is 2.36. The molecule has 0 radical (unpaired) electrons. The summed E-state index contributed by atoms with van der Waals surface area (Å²) in [5.74, 6) is 1.03. The third-order valence-corrected chi connectivity index (χ3v) is 5.29. The zero-order valence-electron chi connectivity index (χ0n) is 7.06. The van der Waals surface area contributed by atoms with Crippen LogP contribution in [-0.4, -0.2) is 42.1 Å². The molecule has 1 aliphatic rings. The van der Waals surface area contributed by atoms with Gasteiger partial charge in [0.05, 0.1) is 17.6 Å². The first-order valence-corrected chi connectivity index (χ1v) is 6.92. The van der Waals surface area contributed by atoms with Crippen molar-refractivity contribution in [1.29, 1.82) is 0 Å². The number of aliphatic hydroxyl groups is 1. The lowest BCUT2D eigenvalue weighted by atomic mass is 10.3. The van der Waals surface area contributed by atoms with Gasteiger partial charge in [-0.3, -0.25) is 0 Å². The van der Waals surface area contributed by atoms with Gasteiger partial charge >= 0.3 is 0 Å². The van der Waals surface area contributed by atoms with Crippen LogP contribution in [0.3, 0.4) is 0 Å². The van der Waals surface area contributed by atoms with E-state index in [0.29, 0.717) is 0 Å². The van der Waals surface area contributed by atoms with Gasteiger partial charge in [0, 0.05) is 5.25 Å². The molecule has 5 heteroatoms. The van der Waals surface area contributed by atoms with Crippen LogP contribution in [0.5, 0.6) is 0 Å². The lowest BCUT2D eigenvalue weighted by molar-refractivity contribution is 0.207. The molecule has 1 N–H and O–H groups in total. The molecule has 0 aromatic carbocycles. The Hall–Kier alpha value is 0.260. The van der Waals surface area contributed by atoms with Crippen molar-refractivity contribution in [2.45, 2.75) is 24.7 Å². The fourth-order valence-corrected chi connectivity index (χ4v) is 4.82. The van der Waals surface area contributed by atoms with Gasteiger partial charge in [-0.25, -0.2) is 8.42 Å². The summed E-state index contributed by atoms with van der Waals surface area (Å²) in [7, 11) is -2.95. The molecule has 0 aromatic heterocycles. The van der Waals surface area contributed by atoms with Crippen LogP contribution >= 0.6 is 11.8 Å². The van der Waals surface area contributed by atoms with Crippen LogP contribution in [0.2, 0.25) is 0 Å². The second kappa shape index (κ2) is 3.98. The summed E-state index contributed by atoms with van der Waals surface area (Å²) < 4.78 is 22.1. The first-order valence-electron chi connectivity index (χ1n) is 4.05. The maximum Gasteiger partial charge on any atom is 0.154 e. The van der Waals surface area contributed by atoms with Gasteiger partial charge in [-0.15, -0.1) is 0 Å². The molecule has 2 unspecified atom stereocenters. The third kappa shape index (κ3) is 2.64. The second-order valence-corrected chi connectivity index (χ2v) is 6.55. The highest BCUT2D eigenvalue weighted by Crippen LogP contribution is 2.25. The maximum absolute atomic E-state index is 11.0. The SMILES string of the molecule is CCCSC1CS(=O)(=O)CC1O. The number of aliphatic hydroxyl groups excluding tert-OH is 1. The predicted octanol–water partition coefficient (Wildman–Crippen LogP) is 0.287. The standard InChI is InChI=1S/C7H14O3S2/c1-2-3-11-7-5-12(9,10)4-6(7)8/h6-8H,2-5H2,1H3. The van der Waals surface area contributed by atoms with Crippen molar-refractivity contribution in [3.63, 3.8) is 0 Å². The van der Waals surface area contributed by atoms with Crippen molar-refractivity contribution in [1.82, 2.24) is 0 Å². The number of hydrogen-bond acceptors (Lipinski definition) is 4. The quantitative estimate of drug-likeness (QED) is 0.727. The van der Waals surface area contributed by atoms with E-state index in [1.165, 1.54) is 0 Å². The second-order valence-electron chi connectivity index (χ2n) is 3.05. The monoisotopic (exact) mass is 210 g/mol. The summed E-state index contributed by atoms with van der Waals surface area (Å²) in [4.78, 5) is 0. The molecule has 0 spiro atoms. The highest BCUT2D eigenvalue weighted by molar-refractivity contribution is 8.01. The molecule has 0 bridgehead atoms. The van der Waals surface area contributed by atoms with Gasteiger partial charge in [-0.05, 0) is 12.2 Å². The fraction of sp³-hybridized carbons (Fsp3) is 1.00. The van der Waals surface area contributed by atoms with Crippen molar-refractivity contribution in [3.8, 4) is 0 Å². The molecule has 3 nitrogen and oxygen atoms in total. The molecule has 1 aliphatic heterocycles. The molecule has 0 amide bonds. The molecular formula is C7H14O3S2. The predicted molar refractivity (Wildman–Crippen MR) is 51.2 cm³/mol. The smallest absolute Gasteiger partial charge is 0.154 e. The number of hydrogen-bond donors (Lipinski definition) is 1. The number of sulfone groups is 1. The number of rotatable bonds is 3. The summed E-state index contributed by atoms with van der Waals surface area (Å²) in [6.07, 6.45) is 0.375. The molecular weight excluding hydrogens is 196 g/mol. The zero-order valence-corrected chi connectivity index (χ0v) is 8.70. The summed E-state index contributed by atoms with van der Waals surface area (Å²) in [6.45, 7) is 2.04. The van der Waals surface area contributed by atoms with Gasteiger partial charge in [0.15, 0.2) is 9.84 Å². The van der Waals surface area contributed by atoms with Crippen LogP contribution in [-0.2, 0) is 9.84 Å². The normalized spacial score (nSPS) is 33.8. The lowest BCUT2D eigenvalue weighted by Gasteiger charge is -2.10. The topological polar surface area (TPSA) is 54.4 Å². The lowest BCUT2D eigenvalue weighted by Crippen LogP contribution is -2.20. The van der Waals surface area contributed by atoms with E-state index >= 15 is 0 Å². The molecule has 72 valence electrons. The largest absolute Gasteiger partial charge is 0.391 e. The van der Waals surface area contributed by atoms with Crippen molar-refractivity contribution >= 4 is 21.6 Å². The van der Waals surface area contributed by atoms with Gasteiger partial charge in [0.2, 0.25) is 0 Å². The Morgan fingerprint density at radius 2 is 2.17 bits per heavy atom. The van der Waals surface area contributed by atoms with Crippen molar-refractivity contribution in [2.24, 2.45) is 0 Å². The Morgan fingerprint density at radius 1 is 1.50 bits per heavy atom. The van der Waals surface area contributed by atoms with E-state index in [2.05, 4.69) is 0 Å². The fourth-order valence-electron chi connectivity index (χ4n) is 1.23. The average Bonchev–Trinajstić information content (AvgIpc) is 2.20. The molecule has 12 heavy (non-hydrogen) atoms. The Kier molecular flexibility index (Phi) is 3.43. The molecule has 0 aromatic rings. The Balaban J connectivity index is 2.47. The van der Waals surface area contributed by atoms with Gasteiger partial charge in [0.1, 0.15) is 0 Å². The van der Waals surface area contributed by atoms with Crippen molar-refractivity contribution < 1.29 is 13.5 Å². The first kappa shape index (κ1) is 10.3. The van der Waals surface area contributed by atoms with E-state index in [-0.39, 0.29) is 16.8 Å². The zero-order chi connectivity index (χ0) is 9.19. The minimum absolute atomic E-state index is 0.0472. The van der Waals surface area contributed by atoms with E-state index in [4.69, 9.17) is 0 Å². The Labute approximate surface area is 77.5 Å². The third-order valence-electron chi connectivity index (χ3n) is 1.81. The van der Waals surface area contributed by atoms with E-state index in [9.17, 15) is 13.5 Å². The first-order chi connectivity index (χ1) is 5.55. The van der Waals surface area contributed by atoms with Crippen LogP contribution < -0.4 is 0 Å².